The van der Waals surface area contributed by atoms with Crippen LogP contribution in [-0.2, 0) is 0 Å². The number of aromatic nitrogens is 1. The summed E-state index contributed by atoms with van der Waals surface area (Å²) in [6.45, 7) is -2.85. The summed E-state index contributed by atoms with van der Waals surface area (Å²) < 4.78 is 28.3. The number of thiocarbonyl (C=S) groups is 1. The van der Waals surface area contributed by atoms with Gasteiger partial charge in [0, 0.05) is 11.9 Å². The molecule has 110 valence electrons. The quantitative estimate of drug-likeness (QED) is 0.652. The molecule has 0 atom stereocenters. The van der Waals surface area contributed by atoms with Crippen LogP contribution in [0.5, 0.6) is 5.75 Å². The maximum absolute atomic E-state index is 12.0. The summed E-state index contributed by atoms with van der Waals surface area (Å²) >= 11 is 11.0. The average Bonchev–Trinajstić information content (AvgIpc) is 2.43. The molecule has 0 aliphatic heterocycles. The fourth-order valence-electron chi connectivity index (χ4n) is 1.48. The van der Waals surface area contributed by atoms with Gasteiger partial charge in [-0.3, -0.25) is 0 Å². The number of halogens is 3. The van der Waals surface area contributed by atoms with Crippen LogP contribution in [0.25, 0.3) is 0 Å². The molecular formula is C13H10ClF2N3OS. The minimum Gasteiger partial charge on any atom is -0.435 e. The van der Waals surface area contributed by atoms with Gasteiger partial charge in [0.25, 0.3) is 0 Å². The Hall–Kier alpha value is -1.99. The summed E-state index contributed by atoms with van der Waals surface area (Å²) in [6.07, 6.45) is 1.56. The van der Waals surface area contributed by atoms with Crippen LogP contribution in [0.1, 0.15) is 0 Å². The van der Waals surface area contributed by atoms with Crippen LogP contribution in [0.4, 0.5) is 20.2 Å². The first-order valence-corrected chi connectivity index (χ1v) is 6.56. The third-order valence-electron chi connectivity index (χ3n) is 2.34. The van der Waals surface area contributed by atoms with Crippen LogP contribution < -0.4 is 15.4 Å². The van der Waals surface area contributed by atoms with Gasteiger partial charge in [-0.15, -0.1) is 0 Å². The molecule has 4 nitrogen and oxygen atoms in total. The molecule has 0 radical (unpaired) electrons. The van der Waals surface area contributed by atoms with Gasteiger partial charge < -0.3 is 15.4 Å². The number of alkyl halides is 2. The van der Waals surface area contributed by atoms with E-state index >= 15 is 0 Å². The molecule has 0 amide bonds. The molecule has 0 fully saturated rings. The summed E-state index contributed by atoms with van der Waals surface area (Å²) in [4.78, 5) is 3.91. The van der Waals surface area contributed by atoms with E-state index in [4.69, 9.17) is 23.8 Å². The average molecular weight is 330 g/mol. The van der Waals surface area contributed by atoms with E-state index in [-0.39, 0.29) is 5.75 Å². The van der Waals surface area contributed by atoms with Gasteiger partial charge in [-0.25, -0.2) is 4.98 Å². The molecular weight excluding hydrogens is 320 g/mol. The number of rotatable bonds is 4. The summed E-state index contributed by atoms with van der Waals surface area (Å²) in [5.41, 5.74) is 1.18. The van der Waals surface area contributed by atoms with Gasteiger partial charge in [0.05, 0.1) is 5.69 Å². The number of nitrogens with one attached hydrogen (secondary N) is 2. The minimum absolute atomic E-state index is 0.0738. The van der Waals surface area contributed by atoms with Crippen LogP contribution >= 0.6 is 23.8 Å². The lowest BCUT2D eigenvalue weighted by atomic mass is 10.3. The molecule has 21 heavy (non-hydrogen) atoms. The van der Waals surface area contributed by atoms with E-state index in [2.05, 4.69) is 20.4 Å². The number of ether oxygens (including phenoxy) is 1. The Bertz CT molecular complexity index is 625. The molecule has 0 aliphatic carbocycles. The molecule has 0 aliphatic rings. The van der Waals surface area contributed by atoms with Crippen molar-refractivity contribution in [2.45, 2.75) is 6.61 Å². The summed E-state index contributed by atoms with van der Waals surface area (Å²) in [7, 11) is 0. The van der Waals surface area contributed by atoms with Crippen molar-refractivity contribution in [1.82, 2.24) is 4.98 Å². The second-order valence-electron chi connectivity index (χ2n) is 3.82. The van der Waals surface area contributed by atoms with E-state index in [1.54, 1.807) is 30.5 Å². The van der Waals surface area contributed by atoms with E-state index in [1.807, 2.05) is 0 Å². The molecule has 2 rings (SSSR count). The normalized spacial score (nSPS) is 10.3. The highest BCUT2D eigenvalue weighted by atomic mass is 35.5. The van der Waals surface area contributed by atoms with Crippen molar-refractivity contribution in [3.8, 4) is 5.75 Å². The molecule has 2 aromatic rings. The Balaban J connectivity index is 1.95. The monoisotopic (exact) mass is 329 g/mol. The van der Waals surface area contributed by atoms with Gasteiger partial charge in [-0.05, 0) is 48.6 Å². The zero-order chi connectivity index (χ0) is 15.2. The molecule has 2 N–H and O–H groups in total. The van der Waals surface area contributed by atoms with Gasteiger partial charge in [0.1, 0.15) is 5.75 Å². The number of pyridine rings is 1. The Labute approximate surface area is 130 Å². The maximum atomic E-state index is 12.0. The molecule has 0 saturated heterocycles. The van der Waals surface area contributed by atoms with Crippen LogP contribution in [0, 0.1) is 0 Å². The first-order chi connectivity index (χ1) is 10.0. The molecule has 8 heteroatoms. The first-order valence-electron chi connectivity index (χ1n) is 5.78. The highest BCUT2D eigenvalue weighted by Gasteiger charge is 2.05. The van der Waals surface area contributed by atoms with Gasteiger partial charge in [0.2, 0.25) is 0 Å². The van der Waals surface area contributed by atoms with Crippen molar-refractivity contribution in [3.05, 3.63) is 47.7 Å². The van der Waals surface area contributed by atoms with Crippen LogP contribution in [0.2, 0.25) is 5.15 Å². The summed E-state index contributed by atoms with van der Waals surface area (Å²) in [6, 6.07) is 9.39. The van der Waals surface area contributed by atoms with E-state index in [9.17, 15) is 8.78 Å². The fraction of sp³-hybridized carbons (Fsp3) is 0.0769. The molecule has 1 heterocycles. The Morgan fingerprint density at radius 3 is 2.52 bits per heavy atom. The summed E-state index contributed by atoms with van der Waals surface area (Å²) in [5, 5.41) is 6.36. The van der Waals surface area contributed by atoms with Gasteiger partial charge in [-0.1, -0.05) is 11.6 Å². The SMILES string of the molecule is FC(F)Oc1ccc(NC(=S)Nc2cccnc2Cl)cc1. The van der Waals surface area contributed by atoms with Crippen molar-refractivity contribution >= 4 is 40.3 Å². The molecule has 0 spiro atoms. The highest BCUT2D eigenvalue weighted by molar-refractivity contribution is 7.80. The van der Waals surface area contributed by atoms with E-state index in [0.29, 0.717) is 21.6 Å². The van der Waals surface area contributed by atoms with E-state index < -0.39 is 6.61 Å². The topological polar surface area (TPSA) is 46.2 Å². The maximum Gasteiger partial charge on any atom is 0.387 e. The lowest BCUT2D eigenvalue weighted by Crippen LogP contribution is -2.19. The van der Waals surface area contributed by atoms with Crippen molar-refractivity contribution in [1.29, 1.82) is 0 Å². The van der Waals surface area contributed by atoms with Crippen molar-refractivity contribution in [3.63, 3.8) is 0 Å². The number of benzene rings is 1. The summed E-state index contributed by atoms with van der Waals surface area (Å²) in [5.74, 6) is 0.0738. The fourth-order valence-corrected chi connectivity index (χ4v) is 1.88. The van der Waals surface area contributed by atoms with Crippen molar-refractivity contribution in [2.75, 3.05) is 10.6 Å². The molecule has 1 aromatic carbocycles. The van der Waals surface area contributed by atoms with Crippen LogP contribution in [0.3, 0.4) is 0 Å². The standard InChI is InChI=1S/C13H10ClF2N3OS/c14-11-10(2-1-7-17-11)19-13(21)18-8-3-5-9(6-4-8)20-12(15)16/h1-7,12H,(H2,18,19,21). The highest BCUT2D eigenvalue weighted by Crippen LogP contribution is 2.20. The van der Waals surface area contributed by atoms with Crippen molar-refractivity contribution < 1.29 is 13.5 Å². The Morgan fingerprint density at radius 1 is 1.19 bits per heavy atom. The van der Waals surface area contributed by atoms with Gasteiger partial charge in [-0.2, -0.15) is 8.78 Å². The molecule has 0 bridgehead atoms. The van der Waals surface area contributed by atoms with Gasteiger partial charge >= 0.3 is 6.61 Å². The third-order valence-corrected chi connectivity index (χ3v) is 2.85. The largest absolute Gasteiger partial charge is 0.435 e. The second kappa shape index (κ2) is 7.14. The number of hydrogen-bond acceptors (Lipinski definition) is 3. The number of nitrogens with zero attached hydrogens (tertiary/aromatic N) is 1. The minimum atomic E-state index is -2.85. The first kappa shape index (κ1) is 15.4. The van der Waals surface area contributed by atoms with Gasteiger partial charge in [0.15, 0.2) is 10.3 Å². The number of anilines is 2. The molecule has 0 unspecified atom stereocenters. The predicted octanol–water partition coefficient (Wildman–Crippen LogP) is 4.15. The van der Waals surface area contributed by atoms with E-state index in [1.165, 1.54) is 12.1 Å². The lowest BCUT2D eigenvalue weighted by molar-refractivity contribution is -0.0498. The zero-order valence-electron chi connectivity index (χ0n) is 10.5. The number of hydrogen-bond donors (Lipinski definition) is 2. The lowest BCUT2D eigenvalue weighted by Gasteiger charge is -2.11. The smallest absolute Gasteiger partial charge is 0.387 e. The molecule has 0 saturated carbocycles. The van der Waals surface area contributed by atoms with Crippen LogP contribution in [-0.4, -0.2) is 16.7 Å². The second-order valence-corrected chi connectivity index (χ2v) is 4.59. The Kier molecular flexibility index (Phi) is 5.24. The van der Waals surface area contributed by atoms with Crippen molar-refractivity contribution in [2.24, 2.45) is 0 Å². The third kappa shape index (κ3) is 4.80. The predicted molar refractivity (Wildman–Crippen MR) is 82.2 cm³/mol. The van der Waals surface area contributed by atoms with E-state index in [0.717, 1.165) is 0 Å². The van der Waals surface area contributed by atoms with Crippen LogP contribution in [0.15, 0.2) is 42.6 Å². The molecule has 1 aromatic heterocycles. The zero-order valence-corrected chi connectivity index (χ0v) is 12.1. The Morgan fingerprint density at radius 2 is 1.90 bits per heavy atom.